The third-order valence-electron chi connectivity index (χ3n) is 4.29. The molecule has 11 heteroatoms. The van der Waals surface area contributed by atoms with Crippen LogP contribution in [0, 0.1) is 5.82 Å². The van der Waals surface area contributed by atoms with Gasteiger partial charge in [0.1, 0.15) is 12.4 Å². The second kappa shape index (κ2) is 7.80. The first-order chi connectivity index (χ1) is 13.5. The Bertz CT molecular complexity index is 1090. The van der Waals surface area contributed by atoms with Crippen LogP contribution in [0.1, 0.15) is 0 Å². The number of halogens is 2. The van der Waals surface area contributed by atoms with E-state index in [4.69, 9.17) is 11.6 Å². The average molecular weight is 423 g/mol. The quantitative estimate of drug-likeness (QED) is 0.691. The third-order valence-corrected chi connectivity index (χ3v) is 5.52. The molecule has 28 heavy (non-hydrogen) atoms. The van der Waals surface area contributed by atoms with Crippen molar-refractivity contribution in [2.45, 2.75) is 6.54 Å². The van der Waals surface area contributed by atoms with Crippen LogP contribution < -0.4 is 15.9 Å². The molecule has 1 saturated heterocycles. The lowest BCUT2D eigenvalue weighted by atomic mass is 10.3. The van der Waals surface area contributed by atoms with Gasteiger partial charge in [-0.15, -0.1) is 5.10 Å². The molecule has 0 atom stereocenters. The monoisotopic (exact) mass is 422 g/mol. The molecule has 0 aliphatic carbocycles. The van der Waals surface area contributed by atoms with Crippen LogP contribution in [0.3, 0.4) is 0 Å². The Morgan fingerprint density at radius 3 is 2.86 bits per heavy atom. The van der Waals surface area contributed by atoms with E-state index < -0.39 is 17.4 Å². The van der Waals surface area contributed by atoms with E-state index in [-0.39, 0.29) is 11.6 Å². The number of hydrogen-bond donors (Lipinski definition) is 1. The molecule has 1 fully saturated rings. The predicted octanol–water partition coefficient (Wildman–Crippen LogP) is 1.88. The number of thioether (sulfide) groups is 1. The number of benzene rings is 1. The van der Waals surface area contributed by atoms with E-state index in [0.717, 1.165) is 35.3 Å². The molecule has 2 aromatic heterocycles. The Morgan fingerprint density at radius 1 is 1.32 bits per heavy atom. The van der Waals surface area contributed by atoms with Crippen molar-refractivity contribution in [3.8, 4) is 0 Å². The highest BCUT2D eigenvalue weighted by molar-refractivity contribution is 7.99. The second-order valence-corrected chi connectivity index (χ2v) is 7.79. The largest absolute Gasteiger partial charge is 0.352 e. The molecule has 0 unspecified atom stereocenters. The number of amides is 1. The number of carbonyl (C=O) groups excluding carboxylic acids is 1. The van der Waals surface area contributed by atoms with Crippen molar-refractivity contribution in [2.75, 3.05) is 34.8 Å². The Kier molecular flexibility index (Phi) is 5.23. The van der Waals surface area contributed by atoms with E-state index in [2.05, 4.69) is 20.3 Å². The van der Waals surface area contributed by atoms with Gasteiger partial charge in [-0.3, -0.25) is 4.79 Å². The van der Waals surface area contributed by atoms with Crippen molar-refractivity contribution in [1.29, 1.82) is 0 Å². The van der Waals surface area contributed by atoms with Crippen molar-refractivity contribution in [3.05, 3.63) is 51.9 Å². The first-order valence-corrected chi connectivity index (χ1v) is 10.1. The third kappa shape index (κ3) is 3.69. The molecule has 1 N–H and O–H groups in total. The zero-order valence-electron chi connectivity index (χ0n) is 14.6. The van der Waals surface area contributed by atoms with Crippen LogP contribution >= 0.6 is 23.4 Å². The highest BCUT2D eigenvalue weighted by Gasteiger charge is 2.20. The molecular weight excluding hydrogens is 407 g/mol. The molecule has 3 heterocycles. The Balaban J connectivity index is 1.58. The number of nitrogens with one attached hydrogen (secondary N) is 1. The van der Waals surface area contributed by atoms with Crippen LogP contribution in [-0.2, 0) is 11.3 Å². The maximum atomic E-state index is 13.2. The van der Waals surface area contributed by atoms with E-state index in [0.29, 0.717) is 17.2 Å². The van der Waals surface area contributed by atoms with Gasteiger partial charge >= 0.3 is 5.69 Å². The average Bonchev–Trinajstić information content (AvgIpc) is 3.01. The van der Waals surface area contributed by atoms with Crippen molar-refractivity contribution < 1.29 is 9.18 Å². The first-order valence-electron chi connectivity index (χ1n) is 8.55. The molecule has 1 aliphatic rings. The number of nitrogens with zero attached hydrogens (tertiary/aromatic N) is 5. The van der Waals surface area contributed by atoms with Gasteiger partial charge < -0.3 is 10.2 Å². The molecule has 0 saturated carbocycles. The van der Waals surface area contributed by atoms with Crippen molar-refractivity contribution in [2.24, 2.45) is 0 Å². The van der Waals surface area contributed by atoms with Gasteiger partial charge in [0.05, 0.1) is 5.02 Å². The van der Waals surface area contributed by atoms with Gasteiger partial charge in [0.25, 0.3) is 0 Å². The van der Waals surface area contributed by atoms with Crippen LogP contribution in [0.2, 0.25) is 5.02 Å². The minimum atomic E-state index is -0.577. The Morgan fingerprint density at radius 2 is 2.11 bits per heavy atom. The van der Waals surface area contributed by atoms with E-state index >= 15 is 0 Å². The topological polar surface area (TPSA) is 84.5 Å². The fourth-order valence-electron chi connectivity index (χ4n) is 2.95. The summed E-state index contributed by atoms with van der Waals surface area (Å²) >= 11 is 7.59. The molecule has 1 aromatic carbocycles. The number of carbonyl (C=O) groups is 1. The molecule has 8 nitrogen and oxygen atoms in total. The van der Waals surface area contributed by atoms with Gasteiger partial charge in [-0.2, -0.15) is 11.8 Å². The van der Waals surface area contributed by atoms with E-state index in [1.807, 2.05) is 11.8 Å². The second-order valence-electron chi connectivity index (χ2n) is 6.16. The van der Waals surface area contributed by atoms with Crippen LogP contribution in [0.15, 0.2) is 35.4 Å². The van der Waals surface area contributed by atoms with Crippen molar-refractivity contribution in [3.63, 3.8) is 0 Å². The van der Waals surface area contributed by atoms with Crippen molar-refractivity contribution >= 4 is 46.4 Å². The number of aromatic nitrogens is 4. The zero-order valence-corrected chi connectivity index (χ0v) is 16.2. The summed E-state index contributed by atoms with van der Waals surface area (Å²) in [6.07, 6.45) is 3.08. The maximum Gasteiger partial charge on any atom is 0.350 e. The molecular formula is C17H16ClFN6O2S. The predicted molar refractivity (Wildman–Crippen MR) is 107 cm³/mol. The summed E-state index contributed by atoms with van der Waals surface area (Å²) in [5.41, 5.74) is 0.315. The Labute approximate surface area is 168 Å². The summed E-state index contributed by atoms with van der Waals surface area (Å²) < 4.78 is 15.7. The van der Waals surface area contributed by atoms with Gasteiger partial charge in [-0.25, -0.2) is 23.3 Å². The number of hydrogen-bond acceptors (Lipinski definition) is 6. The summed E-state index contributed by atoms with van der Waals surface area (Å²) in [7, 11) is 0. The fraction of sp³-hybridized carbons (Fsp3) is 0.294. The molecule has 1 amide bonds. The summed E-state index contributed by atoms with van der Waals surface area (Å²) in [6.45, 7) is 1.36. The summed E-state index contributed by atoms with van der Waals surface area (Å²) in [4.78, 5) is 31.4. The molecule has 146 valence electrons. The maximum absolute atomic E-state index is 13.2. The first kappa shape index (κ1) is 18.8. The summed E-state index contributed by atoms with van der Waals surface area (Å²) in [6, 6.07) is 3.85. The van der Waals surface area contributed by atoms with Crippen LogP contribution in [0.25, 0.3) is 5.65 Å². The molecule has 0 radical (unpaired) electrons. The lowest BCUT2D eigenvalue weighted by molar-refractivity contribution is -0.117. The van der Waals surface area contributed by atoms with Gasteiger partial charge in [-0.05, 0) is 18.2 Å². The molecule has 0 spiro atoms. The molecule has 0 bridgehead atoms. The smallest absolute Gasteiger partial charge is 0.350 e. The number of fused-ring (bicyclic) bond motifs is 1. The van der Waals surface area contributed by atoms with E-state index in [9.17, 15) is 14.0 Å². The summed E-state index contributed by atoms with van der Waals surface area (Å²) in [5.74, 6) is 1.54. The van der Waals surface area contributed by atoms with E-state index in [1.54, 1.807) is 6.20 Å². The SMILES string of the molecule is O=C(Cn1nc2c(N3CCSCC3)nccn2c1=O)Nc1ccc(F)c(Cl)c1. The summed E-state index contributed by atoms with van der Waals surface area (Å²) in [5, 5.41) is 6.79. The van der Waals surface area contributed by atoms with Crippen LogP contribution in [0.5, 0.6) is 0 Å². The molecule has 4 rings (SSSR count). The standard InChI is InChI=1S/C17H16ClFN6O2S/c18-12-9-11(1-2-13(12)19)21-14(26)10-25-17(27)24-4-3-20-15(16(24)22-25)23-5-7-28-8-6-23/h1-4,9H,5-8,10H2,(H,21,26). The van der Waals surface area contributed by atoms with Gasteiger partial charge in [-0.1, -0.05) is 11.6 Å². The van der Waals surface area contributed by atoms with Crippen molar-refractivity contribution in [1.82, 2.24) is 19.2 Å². The van der Waals surface area contributed by atoms with E-state index in [1.165, 1.54) is 22.7 Å². The van der Waals surface area contributed by atoms with Crippen LogP contribution in [0.4, 0.5) is 15.9 Å². The minimum absolute atomic E-state index is 0.0990. The van der Waals surface area contributed by atoms with Gasteiger partial charge in [0.2, 0.25) is 11.6 Å². The normalized spacial score (nSPS) is 14.4. The lowest BCUT2D eigenvalue weighted by Crippen LogP contribution is -2.33. The fourth-order valence-corrected chi connectivity index (χ4v) is 4.03. The molecule has 1 aliphatic heterocycles. The zero-order chi connectivity index (χ0) is 19.7. The number of rotatable bonds is 4. The Hall–Kier alpha value is -2.59. The highest BCUT2D eigenvalue weighted by atomic mass is 35.5. The minimum Gasteiger partial charge on any atom is -0.352 e. The number of anilines is 2. The van der Waals surface area contributed by atoms with Gasteiger partial charge in [0, 0.05) is 42.7 Å². The van der Waals surface area contributed by atoms with Crippen LogP contribution in [-0.4, -0.2) is 49.7 Å². The van der Waals surface area contributed by atoms with Gasteiger partial charge in [0.15, 0.2) is 5.82 Å². The molecule has 3 aromatic rings. The lowest BCUT2D eigenvalue weighted by Gasteiger charge is -2.27. The highest BCUT2D eigenvalue weighted by Crippen LogP contribution is 2.21.